The normalized spacial score (nSPS) is 41.4. The first-order valence-corrected chi connectivity index (χ1v) is 3.78. The van der Waals surface area contributed by atoms with Crippen LogP contribution in [0.2, 0.25) is 0 Å². The van der Waals surface area contributed by atoms with Crippen molar-refractivity contribution in [2.24, 2.45) is 11.3 Å². The zero-order chi connectivity index (χ0) is 7.78. The van der Waals surface area contributed by atoms with Crippen LogP contribution in [0.3, 0.4) is 0 Å². The number of hydrogen-bond donors (Lipinski definition) is 1. The van der Waals surface area contributed by atoms with E-state index in [-0.39, 0.29) is 11.5 Å². The summed E-state index contributed by atoms with van der Waals surface area (Å²) in [7, 11) is 1.72. The quantitative estimate of drug-likeness (QED) is 0.641. The molecule has 1 N–H and O–H groups in total. The van der Waals surface area contributed by atoms with E-state index in [1.54, 1.807) is 7.11 Å². The minimum atomic E-state index is 0.253. The molecule has 1 fully saturated rings. The maximum Gasteiger partial charge on any atom is 0.0600 e. The summed E-state index contributed by atoms with van der Waals surface area (Å²) in [5, 5.41) is 8.83. The van der Waals surface area contributed by atoms with Crippen LogP contribution in [-0.2, 0) is 4.74 Å². The van der Waals surface area contributed by atoms with Crippen molar-refractivity contribution in [2.45, 2.75) is 26.4 Å². The zero-order valence-electron chi connectivity index (χ0n) is 6.92. The minimum Gasteiger partial charge on any atom is -0.396 e. The highest BCUT2D eigenvalue weighted by Gasteiger charge is 2.53. The van der Waals surface area contributed by atoms with Crippen LogP contribution in [0.4, 0.5) is 0 Å². The lowest BCUT2D eigenvalue weighted by Gasteiger charge is -2.17. The fourth-order valence-corrected chi connectivity index (χ4v) is 1.51. The molecule has 0 aliphatic heterocycles. The molecule has 1 aliphatic rings. The predicted molar refractivity (Wildman–Crippen MR) is 39.8 cm³/mol. The van der Waals surface area contributed by atoms with E-state index in [0.717, 1.165) is 6.42 Å². The molecular formula is C8H16O2. The van der Waals surface area contributed by atoms with Crippen molar-refractivity contribution in [3.05, 3.63) is 0 Å². The molecule has 3 unspecified atom stereocenters. The third kappa shape index (κ3) is 1.06. The summed E-state index contributed by atoms with van der Waals surface area (Å²) in [5.74, 6) is 0.474. The molecule has 2 heteroatoms. The Bertz CT molecular complexity index is 124. The molecule has 0 aromatic carbocycles. The Morgan fingerprint density at radius 2 is 2.40 bits per heavy atom. The van der Waals surface area contributed by atoms with Crippen LogP contribution >= 0.6 is 0 Å². The third-order valence-electron chi connectivity index (χ3n) is 2.96. The lowest BCUT2D eigenvalue weighted by atomic mass is 10.0. The molecule has 1 saturated carbocycles. The van der Waals surface area contributed by atoms with Gasteiger partial charge in [-0.05, 0) is 24.7 Å². The largest absolute Gasteiger partial charge is 0.396 e. The van der Waals surface area contributed by atoms with E-state index in [9.17, 15) is 0 Å². The molecule has 1 aliphatic carbocycles. The summed E-state index contributed by atoms with van der Waals surface area (Å²) in [6.45, 7) is 4.54. The topological polar surface area (TPSA) is 29.5 Å². The lowest BCUT2D eigenvalue weighted by Crippen LogP contribution is -2.20. The first-order valence-electron chi connectivity index (χ1n) is 3.78. The average Bonchev–Trinajstić information content (AvgIpc) is 2.61. The van der Waals surface area contributed by atoms with Gasteiger partial charge >= 0.3 is 0 Å². The summed E-state index contributed by atoms with van der Waals surface area (Å²) < 4.78 is 5.20. The summed E-state index contributed by atoms with van der Waals surface area (Å²) >= 11 is 0. The van der Waals surface area contributed by atoms with Gasteiger partial charge in [-0.15, -0.1) is 0 Å². The van der Waals surface area contributed by atoms with Gasteiger partial charge in [-0.3, -0.25) is 0 Å². The standard InChI is InChI=1S/C8H16O2/c1-6(10-3)8(2)4-7(8)5-9/h6-7,9H,4-5H2,1-3H3. The summed E-state index contributed by atoms with van der Waals surface area (Å²) in [6.07, 6.45) is 1.39. The second-order valence-corrected chi connectivity index (χ2v) is 3.47. The van der Waals surface area contributed by atoms with Crippen LogP contribution in [0.15, 0.2) is 0 Å². The number of hydrogen-bond acceptors (Lipinski definition) is 2. The fraction of sp³-hybridized carbons (Fsp3) is 1.00. The number of aliphatic hydroxyl groups is 1. The second kappa shape index (κ2) is 2.51. The van der Waals surface area contributed by atoms with Gasteiger partial charge < -0.3 is 9.84 Å². The zero-order valence-corrected chi connectivity index (χ0v) is 6.92. The van der Waals surface area contributed by atoms with E-state index in [2.05, 4.69) is 13.8 Å². The Balaban J connectivity index is 2.42. The molecule has 1 rings (SSSR count). The second-order valence-electron chi connectivity index (χ2n) is 3.47. The molecule has 0 aromatic rings. The van der Waals surface area contributed by atoms with Crippen molar-refractivity contribution in [3.63, 3.8) is 0 Å². The maximum atomic E-state index is 8.83. The Morgan fingerprint density at radius 1 is 1.80 bits per heavy atom. The van der Waals surface area contributed by atoms with Gasteiger partial charge in [0, 0.05) is 13.7 Å². The van der Waals surface area contributed by atoms with Gasteiger partial charge in [0.15, 0.2) is 0 Å². The van der Waals surface area contributed by atoms with Crippen molar-refractivity contribution in [2.75, 3.05) is 13.7 Å². The first kappa shape index (κ1) is 8.02. The van der Waals surface area contributed by atoms with Crippen molar-refractivity contribution < 1.29 is 9.84 Å². The molecule has 0 bridgehead atoms. The van der Waals surface area contributed by atoms with E-state index < -0.39 is 0 Å². The molecule has 0 spiro atoms. The van der Waals surface area contributed by atoms with E-state index in [1.165, 1.54) is 0 Å². The van der Waals surface area contributed by atoms with Crippen LogP contribution in [0.1, 0.15) is 20.3 Å². The van der Waals surface area contributed by atoms with E-state index in [1.807, 2.05) is 0 Å². The fourth-order valence-electron chi connectivity index (χ4n) is 1.51. The number of methoxy groups -OCH3 is 1. The van der Waals surface area contributed by atoms with Crippen molar-refractivity contribution >= 4 is 0 Å². The van der Waals surface area contributed by atoms with Crippen LogP contribution in [-0.4, -0.2) is 24.9 Å². The predicted octanol–water partition coefficient (Wildman–Crippen LogP) is 1.04. The van der Waals surface area contributed by atoms with Crippen LogP contribution in [0.25, 0.3) is 0 Å². The van der Waals surface area contributed by atoms with E-state index >= 15 is 0 Å². The molecule has 0 aromatic heterocycles. The SMILES string of the molecule is COC(C)C1(C)CC1CO. The van der Waals surface area contributed by atoms with Gasteiger partial charge in [-0.2, -0.15) is 0 Å². The Labute approximate surface area is 62.2 Å². The Kier molecular flexibility index (Phi) is 2.02. The maximum absolute atomic E-state index is 8.83. The highest BCUT2D eigenvalue weighted by Crippen LogP contribution is 2.55. The van der Waals surface area contributed by atoms with Gasteiger partial charge in [-0.1, -0.05) is 6.92 Å². The lowest BCUT2D eigenvalue weighted by molar-refractivity contribution is 0.0497. The van der Waals surface area contributed by atoms with Crippen molar-refractivity contribution in [1.29, 1.82) is 0 Å². The first-order chi connectivity index (χ1) is 4.65. The Morgan fingerprint density at radius 3 is 2.70 bits per heavy atom. The minimum absolute atomic E-state index is 0.253. The summed E-state index contributed by atoms with van der Waals surface area (Å²) in [4.78, 5) is 0. The molecular weight excluding hydrogens is 128 g/mol. The molecule has 0 amide bonds. The monoisotopic (exact) mass is 144 g/mol. The van der Waals surface area contributed by atoms with Gasteiger partial charge in [0.05, 0.1) is 6.10 Å². The van der Waals surface area contributed by atoms with Gasteiger partial charge in [-0.25, -0.2) is 0 Å². The van der Waals surface area contributed by atoms with Crippen molar-refractivity contribution in [1.82, 2.24) is 0 Å². The highest BCUT2D eigenvalue weighted by atomic mass is 16.5. The molecule has 3 atom stereocenters. The molecule has 10 heavy (non-hydrogen) atoms. The van der Waals surface area contributed by atoms with Crippen LogP contribution < -0.4 is 0 Å². The highest BCUT2D eigenvalue weighted by molar-refractivity contribution is 5.02. The smallest absolute Gasteiger partial charge is 0.0600 e. The summed E-state index contributed by atoms with van der Waals surface area (Å²) in [5.41, 5.74) is 0.253. The molecule has 0 saturated heterocycles. The molecule has 0 heterocycles. The number of aliphatic hydroxyl groups excluding tert-OH is 1. The van der Waals surface area contributed by atoms with Gasteiger partial charge in [0.25, 0.3) is 0 Å². The number of rotatable bonds is 3. The number of ether oxygens (including phenoxy) is 1. The van der Waals surface area contributed by atoms with E-state index in [0.29, 0.717) is 12.5 Å². The third-order valence-corrected chi connectivity index (χ3v) is 2.96. The van der Waals surface area contributed by atoms with E-state index in [4.69, 9.17) is 9.84 Å². The van der Waals surface area contributed by atoms with Crippen LogP contribution in [0, 0.1) is 11.3 Å². The Hall–Kier alpha value is -0.0800. The van der Waals surface area contributed by atoms with Crippen LogP contribution in [0.5, 0.6) is 0 Å². The molecule has 2 nitrogen and oxygen atoms in total. The molecule has 0 radical (unpaired) electrons. The molecule has 60 valence electrons. The van der Waals surface area contributed by atoms with Gasteiger partial charge in [0.2, 0.25) is 0 Å². The van der Waals surface area contributed by atoms with Crippen molar-refractivity contribution in [3.8, 4) is 0 Å². The summed E-state index contributed by atoms with van der Waals surface area (Å²) in [6, 6.07) is 0. The average molecular weight is 144 g/mol. The van der Waals surface area contributed by atoms with Gasteiger partial charge in [0.1, 0.15) is 0 Å².